The Morgan fingerprint density at radius 3 is 2.70 bits per heavy atom. The molecule has 0 aromatic heterocycles. The van der Waals surface area contributed by atoms with Gasteiger partial charge in [-0.3, -0.25) is 19.3 Å². The number of benzene rings is 1. The summed E-state index contributed by atoms with van der Waals surface area (Å²) in [7, 11) is 0. The Kier molecular flexibility index (Phi) is 5.36. The first kappa shape index (κ1) is 17.0. The highest BCUT2D eigenvalue weighted by molar-refractivity contribution is 6.34. The molecule has 0 unspecified atom stereocenters. The van der Waals surface area contributed by atoms with Crippen molar-refractivity contribution in [2.45, 2.75) is 13.3 Å². The molecule has 3 N–H and O–H groups in total. The molecule has 23 heavy (non-hydrogen) atoms. The van der Waals surface area contributed by atoms with Crippen molar-refractivity contribution in [3.8, 4) is 0 Å². The van der Waals surface area contributed by atoms with E-state index in [4.69, 9.17) is 16.7 Å². The second-order valence-corrected chi connectivity index (χ2v) is 5.21. The molecule has 0 saturated carbocycles. The maximum absolute atomic E-state index is 12.0. The Balaban J connectivity index is 2.11. The van der Waals surface area contributed by atoms with E-state index in [2.05, 4.69) is 10.6 Å². The highest BCUT2D eigenvalue weighted by Crippen LogP contribution is 2.27. The highest BCUT2D eigenvalue weighted by Gasteiger charge is 2.30. The topological polar surface area (TPSA) is 98.7 Å². The summed E-state index contributed by atoms with van der Waals surface area (Å²) >= 11 is 6.09. The number of nitrogens with one attached hydrogen (secondary N) is 2. The Morgan fingerprint density at radius 2 is 2.09 bits per heavy atom. The molecule has 0 bridgehead atoms. The number of hydrogen-bond acceptors (Lipinski definition) is 5. The van der Waals surface area contributed by atoms with Crippen LogP contribution in [0, 0.1) is 0 Å². The molecule has 1 heterocycles. The average molecular weight is 338 g/mol. The zero-order chi connectivity index (χ0) is 17.0. The van der Waals surface area contributed by atoms with Gasteiger partial charge in [-0.1, -0.05) is 18.5 Å². The predicted molar refractivity (Wildman–Crippen MR) is 85.9 cm³/mol. The molecule has 0 fully saturated rings. The van der Waals surface area contributed by atoms with Crippen molar-refractivity contribution >= 4 is 40.7 Å². The molecule has 0 aliphatic carbocycles. The highest BCUT2D eigenvalue weighted by atomic mass is 35.5. The summed E-state index contributed by atoms with van der Waals surface area (Å²) < 4.78 is 0. The summed E-state index contributed by atoms with van der Waals surface area (Å²) in [5.74, 6) is -1.15. The number of imide groups is 1. The lowest BCUT2D eigenvalue weighted by atomic mass is 10.2. The van der Waals surface area contributed by atoms with Crippen LogP contribution < -0.4 is 10.6 Å². The third kappa shape index (κ3) is 3.88. The van der Waals surface area contributed by atoms with Crippen LogP contribution in [-0.2, 0) is 14.4 Å². The third-order valence-corrected chi connectivity index (χ3v) is 3.49. The SMILES string of the molecule is CCC(=O)Nc1ccc(NC2=CC(=O)N(CCO)C2=O)cc1Cl. The molecule has 0 saturated heterocycles. The molecular formula is C15H16ClN3O4. The van der Waals surface area contributed by atoms with Gasteiger partial charge < -0.3 is 15.7 Å². The van der Waals surface area contributed by atoms with E-state index in [1.165, 1.54) is 6.08 Å². The van der Waals surface area contributed by atoms with Crippen molar-refractivity contribution in [2.24, 2.45) is 0 Å². The summed E-state index contributed by atoms with van der Waals surface area (Å²) in [6, 6.07) is 4.77. The van der Waals surface area contributed by atoms with Crippen molar-refractivity contribution in [3.05, 3.63) is 35.0 Å². The number of nitrogens with zero attached hydrogens (tertiary/aromatic N) is 1. The first-order valence-electron chi connectivity index (χ1n) is 7.01. The van der Waals surface area contributed by atoms with Crippen LogP contribution in [-0.4, -0.2) is 40.9 Å². The second-order valence-electron chi connectivity index (χ2n) is 4.80. The first-order chi connectivity index (χ1) is 11.0. The Hall–Kier alpha value is -2.38. The fourth-order valence-corrected chi connectivity index (χ4v) is 2.23. The monoisotopic (exact) mass is 337 g/mol. The lowest BCUT2D eigenvalue weighted by Gasteiger charge is -2.14. The first-order valence-corrected chi connectivity index (χ1v) is 7.39. The molecule has 122 valence electrons. The molecule has 0 radical (unpaired) electrons. The van der Waals surface area contributed by atoms with Gasteiger partial charge in [0.2, 0.25) is 5.91 Å². The number of carbonyl (C=O) groups excluding carboxylic acids is 3. The second kappa shape index (κ2) is 7.26. The van der Waals surface area contributed by atoms with Crippen LogP contribution in [0.4, 0.5) is 11.4 Å². The lowest BCUT2D eigenvalue weighted by Crippen LogP contribution is -2.34. The van der Waals surface area contributed by atoms with Gasteiger partial charge in [-0.25, -0.2) is 0 Å². The van der Waals surface area contributed by atoms with Gasteiger partial charge in [0, 0.05) is 18.2 Å². The van der Waals surface area contributed by atoms with Crippen LogP contribution in [0.15, 0.2) is 30.0 Å². The van der Waals surface area contributed by atoms with E-state index in [9.17, 15) is 14.4 Å². The van der Waals surface area contributed by atoms with Gasteiger partial charge in [-0.15, -0.1) is 0 Å². The van der Waals surface area contributed by atoms with Crippen LogP contribution >= 0.6 is 11.6 Å². The maximum atomic E-state index is 12.0. The molecule has 7 nitrogen and oxygen atoms in total. The molecule has 1 aromatic carbocycles. The van der Waals surface area contributed by atoms with Crippen molar-refractivity contribution in [3.63, 3.8) is 0 Å². The van der Waals surface area contributed by atoms with E-state index in [1.54, 1.807) is 25.1 Å². The average Bonchev–Trinajstić information content (AvgIpc) is 2.78. The number of anilines is 2. The van der Waals surface area contributed by atoms with Crippen LogP contribution in [0.25, 0.3) is 0 Å². The lowest BCUT2D eigenvalue weighted by molar-refractivity contribution is -0.137. The summed E-state index contributed by atoms with van der Waals surface area (Å²) in [6.45, 7) is 1.38. The van der Waals surface area contributed by atoms with E-state index in [-0.39, 0.29) is 24.8 Å². The number of β-amino-alcohol motifs (C(OH)–C–C–N with tert-alkyl or cyclic N) is 1. The smallest absolute Gasteiger partial charge is 0.277 e. The van der Waals surface area contributed by atoms with Gasteiger partial charge in [0.25, 0.3) is 11.8 Å². The number of amides is 3. The number of halogens is 1. The van der Waals surface area contributed by atoms with Gasteiger partial charge in [-0.2, -0.15) is 0 Å². The molecule has 0 atom stereocenters. The largest absolute Gasteiger partial charge is 0.395 e. The summed E-state index contributed by atoms with van der Waals surface area (Å²) in [5, 5.41) is 14.6. The number of hydrogen-bond donors (Lipinski definition) is 3. The molecule has 2 rings (SSSR count). The zero-order valence-corrected chi connectivity index (χ0v) is 13.2. The van der Waals surface area contributed by atoms with E-state index >= 15 is 0 Å². The van der Waals surface area contributed by atoms with Crippen molar-refractivity contribution in [1.82, 2.24) is 4.90 Å². The van der Waals surface area contributed by atoms with Gasteiger partial charge in [-0.05, 0) is 18.2 Å². The van der Waals surface area contributed by atoms with Crippen molar-refractivity contribution < 1.29 is 19.5 Å². The van der Waals surface area contributed by atoms with Crippen molar-refractivity contribution in [1.29, 1.82) is 0 Å². The van der Waals surface area contributed by atoms with Crippen LogP contribution in [0.2, 0.25) is 5.02 Å². The normalized spacial score (nSPS) is 14.0. The summed E-state index contributed by atoms with van der Waals surface area (Å²) in [6.07, 6.45) is 1.50. The molecular weight excluding hydrogens is 322 g/mol. The molecule has 3 amide bonds. The molecule has 0 spiro atoms. The molecule has 1 aliphatic heterocycles. The van der Waals surface area contributed by atoms with E-state index < -0.39 is 11.8 Å². The Morgan fingerprint density at radius 1 is 1.35 bits per heavy atom. The van der Waals surface area contributed by atoms with E-state index in [0.29, 0.717) is 22.8 Å². The third-order valence-electron chi connectivity index (χ3n) is 3.18. The maximum Gasteiger partial charge on any atom is 0.277 e. The fourth-order valence-electron chi connectivity index (χ4n) is 2.00. The number of aliphatic hydroxyl groups is 1. The van der Waals surface area contributed by atoms with Gasteiger partial charge in [0.15, 0.2) is 0 Å². The molecule has 8 heteroatoms. The van der Waals surface area contributed by atoms with E-state index in [0.717, 1.165) is 4.90 Å². The summed E-state index contributed by atoms with van der Waals surface area (Å²) in [4.78, 5) is 36.0. The Bertz CT molecular complexity index is 687. The number of rotatable bonds is 6. The molecule has 1 aliphatic rings. The van der Waals surface area contributed by atoms with Gasteiger partial charge >= 0.3 is 0 Å². The van der Waals surface area contributed by atoms with Gasteiger partial charge in [0.1, 0.15) is 5.70 Å². The predicted octanol–water partition coefficient (Wildman–Crippen LogP) is 1.35. The quantitative estimate of drug-likeness (QED) is 0.680. The minimum atomic E-state index is -0.511. The molecule has 1 aromatic rings. The van der Waals surface area contributed by atoms with Crippen molar-refractivity contribution in [2.75, 3.05) is 23.8 Å². The minimum absolute atomic E-state index is 0.0535. The van der Waals surface area contributed by atoms with E-state index in [1.807, 2.05) is 0 Å². The van der Waals surface area contributed by atoms with Crippen LogP contribution in [0.1, 0.15) is 13.3 Å². The standard InChI is InChI=1S/C15H16ClN3O4/c1-2-13(21)18-11-4-3-9(7-10(11)16)17-12-8-14(22)19(5-6-20)15(12)23/h3-4,7-8,17,20H,2,5-6H2,1H3,(H,18,21). The number of aliphatic hydroxyl groups excluding tert-OH is 1. The Labute approximate surface area is 137 Å². The van der Waals surface area contributed by atoms with Crippen LogP contribution in [0.5, 0.6) is 0 Å². The van der Waals surface area contributed by atoms with Gasteiger partial charge in [0.05, 0.1) is 23.9 Å². The zero-order valence-electron chi connectivity index (χ0n) is 12.4. The fraction of sp³-hybridized carbons (Fsp3) is 0.267. The minimum Gasteiger partial charge on any atom is -0.395 e. The number of carbonyl (C=O) groups is 3. The van der Waals surface area contributed by atoms with Crippen LogP contribution in [0.3, 0.4) is 0 Å². The summed E-state index contributed by atoms with van der Waals surface area (Å²) in [5.41, 5.74) is 1.07.